The van der Waals surface area contributed by atoms with Crippen molar-refractivity contribution in [3.63, 3.8) is 0 Å². The molecule has 0 spiro atoms. The summed E-state index contributed by atoms with van der Waals surface area (Å²) in [6.45, 7) is 16.4. The number of aliphatic hydroxyl groups excluding tert-OH is 1. The van der Waals surface area contributed by atoms with Gasteiger partial charge in [-0.1, -0.05) is 18.2 Å². The molecule has 0 aliphatic heterocycles. The summed E-state index contributed by atoms with van der Waals surface area (Å²) < 4.78 is 138. The van der Waals surface area contributed by atoms with E-state index in [1.165, 1.54) is 93.4 Å². The molecule has 2 saturated carbocycles. The fraction of sp³-hybridized carbons (Fsp3) is 0.418. The summed E-state index contributed by atoms with van der Waals surface area (Å²) in [6.07, 6.45) is 5.01. The number of sulfonamides is 2. The molecule has 33 heteroatoms. The maximum absolute atomic E-state index is 13.6. The van der Waals surface area contributed by atoms with Gasteiger partial charge in [-0.2, -0.15) is 25.9 Å². The summed E-state index contributed by atoms with van der Waals surface area (Å²) in [6, 6.07) is 24.2. The molecule has 5 aromatic carbocycles. The number of nitrogens with zero attached hydrogens (tertiary/aromatic N) is 2. The van der Waals surface area contributed by atoms with Crippen LogP contribution in [0.1, 0.15) is 132 Å². The number of para-hydroxylation sites is 1. The minimum absolute atomic E-state index is 0. The van der Waals surface area contributed by atoms with Gasteiger partial charge >= 0.3 is 42.7 Å². The zero-order valence-corrected chi connectivity index (χ0v) is 64.5. The molecule has 4 atom stereocenters. The van der Waals surface area contributed by atoms with Gasteiger partial charge in [-0.3, -0.25) is 32.4 Å². The Labute approximate surface area is 635 Å². The van der Waals surface area contributed by atoms with Gasteiger partial charge in [-0.25, -0.2) is 35.3 Å². The van der Waals surface area contributed by atoms with Crippen molar-refractivity contribution >= 4 is 115 Å². The van der Waals surface area contributed by atoms with Crippen LogP contribution < -0.4 is 46.3 Å². The van der Waals surface area contributed by atoms with Crippen LogP contribution in [0.5, 0.6) is 5.75 Å². The zero-order chi connectivity index (χ0) is 72.1. The molecule has 546 valence electrons. The van der Waals surface area contributed by atoms with E-state index in [2.05, 4.69) is 41.6 Å². The van der Waals surface area contributed by atoms with E-state index in [0.29, 0.717) is 44.4 Å². The molecule has 0 radical (unpaired) electrons. The van der Waals surface area contributed by atoms with E-state index < -0.39 is 76.9 Å². The van der Waals surface area contributed by atoms with Crippen molar-refractivity contribution in [2.75, 3.05) is 68.2 Å². The predicted octanol–water partition coefficient (Wildman–Crippen LogP) is 8.58. The van der Waals surface area contributed by atoms with E-state index in [1.54, 1.807) is 82.3 Å². The first-order valence-corrected chi connectivity index (χ1v) is 38.5. The first-order chi connectivity index (χ1) is 45.4. The molecule has 0 bridgehead atoms. The Balaban J connectivity index is 0.000000399. The average Bonchev–Trinajstić information content (AvgIpc) is 1.59. The molecular weight excluding hydrogens is 1440 g/mol. The third-order valence-electron chi connectivity index (χ3n) is 14.3. The molecule has 9 rings (SSSR count). The number of hydrogen-bond donors (Lipinski definition) is 6. The third-order valence-corrected chi connectivity index (χ3v) is 19.3. The van der Waals surface area contributed by atoms with Crippen molar-refractivity contribution in [1.82, 2.24) is 20.8 Å². The second kappa shape index (κ2) is 39.1. The number of furan rings is 2. The van der Waals surface area contributed by atoms with Crippen LogP contribution in [-0.2, 0) is 52.8 Å². The van der Waals surface area contributed by atoms with Crippen molar-refractivity contribution in [3.8, 4) is 28.4 Å². The average molecular weight is 1530 g/mol. The van der Waals surface area contributed by atoms with Gasteiger partial charge in [-0.05, 0) is 163 Å². The minimum atomic E-state index is -4.12. The number of carbonyl (C=O) groups is 4. The van der Waals surface area contributed by atoms with Crippen molar-refractivity contribution in [2.24, 2.45) is 0 Å². The molecular formula is C67H87ArClF2MgN6O18P2S2. The number of halogens is 3. The molecule has 2 fully saturated rings. The van der Waals surface area contributed by atoms with Gasteiger partial charge in [0.15, 0.2) is 0 Å². The van der Waals surface area contributed by atoms with E-state index in [1.807, 2.05) is 0 Å². The molecule has 7 aromatic rings. The largest absolute Gasteiger partial charge is 2.00 e. The summed E-state index contributed by atoms with van der Waals surface area (Å²) in [5.41, 5.74) is 4.50. The van der Waals surface area contributed by atoms with E-state index in [9.17, 15) is 63.9 Å². The molecule has 2 heterocycles. The van der Waals surface area contributed by atoms with Crippen LogP contribution in [0.15, 0.2) is 112 Å². The number of fused-ring (bicyclic) bond motifs is 2. The summed E-state index contributed by atoms with van der Waals surface area (Å²) in [4.78, 5) is 59.0. The van der Waals surface area contributed by atoms with Gasteiger partial charge < -0.3 is 66.3 Å². The van der Waals surface area contributed by atoms with Gasteiger partial charge in [0.25, 0.3) is 19.3 Å². The number of ether oxygens (including phenoxy) is 2. The number of nitrogens with one attached hydrogen (secondary N) is 4. The van der Waals surface area contributed by atoms with E-state index in [-0.39, 0.29) is 158 Å². The number of benzene rings is 5. The maximum atomic E-state index is 13.6. The van der Waals surface area contributed by atoms with Crippen LogP contribution in [0, 0.1) is 55.3 Å². The Kier molecular flexibility index (Phi) is 34.8. The molecule has 6 N–H and O–H groups in total. The SMILES string of the molecule is CC(C)OC(=O)[C@H](C)NP(=O)(O)Oc1ccccc1.CNC(=O)c1c(-c2ccc(F)cc2)oc2cc(N(CCO)S(C)(=O)=O)c(C3CC3)cc12.CNC(=O)c1c(-c2ccc(F)cc2)oc2cc(N(CCO[P@@](C)(=O)N[C@@H](C)C(=O)OC(C)C)S(C)(=O)=O)c(C3CC3)cc12.C[C-](C)C.[Ar].[Cl-].[Mg+2]. The first kappa shape index (κ1) is 89.0. The van der Waals surface area contributed by atoms with Crippen LogP contribution >= 0.6 is 15.3 Å². The van der Waals surface area contributed by atoms with Gasteiger partial charge in [0, 0.05) is 92.5 Å². The van der Waals surface area contributed by atoms with E-state index in [0.717, 1.165) is 53.6 Å². The molecule has 2 amide bonds. The number of anilines is 2. The van der Waals surface area contributed by atoms with Crippen molar-refractivity contribution < 1.29 is 141 Å². The number of amides is 2. The second-order valence-electron chi connectivity index (χ2n) is 24.3. The molecule has 1 unspecified atom stereocenters. The van der Waals surface area contributed by atoms with Crippen molar-refractivity contribution in [2.45, 2.75) is 124 Å². The first-order valence-electron chi connectivity index (χ1n) is 31.1. The quantitative estimate of drug-likeness (QED) is 0.0128. The van der Waals surface area contributed by atoms with Gasteiger partial charge in [0.05, 0.1) is 73.5 Å². The Morgan fingerprint density at radius 3 is 1.35 bits per heavy atom. The van der Waals surface area contributed by atoms with Crippen molar-refractivity contribution in [3.05, 3.63) is 143 Å². The van der Waals surface area contributed by atoms with E-state index >= 15 is 0 Å². The fourth-order valence-corrected chi connectivity index (χ4v) is 14.1. The fourth-order valence-electron chi connectivity index (χ4n) is 9.86. The monoisotopic (exact) mass is 1530 g/mol. The summed E-state index contributed by atoms with van der Waals surface area (Å²) in [5.74, 6) is -0.410. The Bertz CT molecular complexity index is 4240. The number of aliphatic hydroxyl groups is 1. The zero-order valence-electron chi connectivity index (χ0n) is 58.2. The van der Waals surface area contributed by atoms with Crippen LogP contribution in [0.25, 0.3) is 44.6 Å². The molecule has 100 heavy (non-hydrogen) atoms. The number of rotatable bonds is 26. The van der Waals surface area contributed by atoms with Crippen LogP contribution in [0.2, 0.25) is 0 Å². The Hall–Kier alpha value is -5.20. The third kappa shape index (κ3) is 25.9. The molecule has 2 aromatic heterocycles. The molecule has 0 saturated heterocycles. The smallest absolute Gasteiger partial charge is 1.00 e. The Morgan fingerprint density at radius 1 is 0.640 bits per heavy atom. The molecule has 24 nitrogen and oxygen atoms in total. The van der Waals surface area contributed by atoms with Gasteiger partial charge in [0.1, 0.15) is 52.2 Å². The second-order valence-corrected chi connectivity index (χ2v) is 31.8. The molecule has 2 aliphatic carbocycles. The minimum Gasteiger partial charge on any atom is -1.00 e. The van der Waals surface area contributed by atoms with Crippen LogP contribution in [0.3, 0.4) is 0 Å². The summed E-state index contributed by atoms with van der Waals surface area (Å²) >= 11 is 0. The predicted molar refractivity (Wildman–Crippen MR) is 375 cm³/mol. The van der Waals surface area contributed by atoms with Crippen LogP contribution in [-0.4, -0.2) is 158 Å². The summed E-state index contributed by atoms with van der Waals surface area (Å²) in [7, 11) is -12.1. The van der Waals surface area contributed by atoms with Gasteiger partial charge in [0.2, 0.25) is 20.0 Å². The topological polar surface area (TPSA) is 329 Å². The number of hydrogen-bond acceptors (Lipinski definition) is 17. The standard InChI is InChI=1S/C29H37FN3O8PS.C22H23FN2O5S.C12H18NO5P.C4H9.Ar.ClH.Mg/c1-17(2)40-29(35)18(3)32-42(5,36)39-14-13-33(43(6,37)38)24-16-25-23(15-22(24)19-7-8-19)26(28(34)31-4)27(41-25)20-9-11-21(30)12-10-20;1-24-22(27)20-17-11-16(13-3-4-13)18(25(9-10-26)31(2,28)29)12-19(17)30-21(20)14-5-7-15(23)8-6-14;1-9(2)17-12(14)10(3)13-19(15,16)18-11-7-5-4-6-8-11;1-4(2)3;;;/h9-12,15-19H,7-8,13-14H2,1-6H3,(H,31,34)(H,32,36);5-8,11-13,26H,3-4,9-10H2,1-2H3,(H,24,27);4-10H,1-3H3,(H2,13,15,16);1-3H3;;1H;/q;;;-1;;;+2/p-1/t18-,42+;;10-;;;;/m0.0..../s1. The summed E-state index contributed by atoms with van der Waals surface area (Å²) in [5, 5.41) is 20.6. The van der Waals surface area contributed by atoms with Crippen molar-refractivity contribution in [1.29, 1.82) is 0 Å². The molecule has 2 aliphatic rings. The van der Waals surface area contributed by atoms with Gasteiger partial charge in [-0.15, -0.1) is 0 Å². The normalized spacial score (nSPS) is 14.4. The van der Waals surface area contributed by atoms with E-state index in [4.69, 9.17) is 27.4 Å². The number of esters is 2. The Morgan fingerprint density at radius 2 is 1.01 bits per heavy atom. The maximum Gasteiger partial charge on any atom is 2.00 e. The van der Waals surface area contributed by atoms with Crippen LogP contribution in [0.4, 0.5) is 20.2 Å². The number of carbonyl (C=O) groups excluding carboxylic acids is 4.